The molecule has 0 aromatic carbocycles. The van der Waals surface area contributed by atoms with Crippen molar-refractivity contribution in [2.45, 2.75) is 38.5 Å². The molecule has 1 aromatic heterocycles. The summed E-state index contributed by atoms with van der Waals surface area (Å²) in [5.74, 6) is -3.60. The first kappa shape index (κ1) is 20.3. The fraction of sp³-hybridized carbons (Fsp3) is 0.462. The van der Waals surface area contributed by atoms with Crippen molar-refractivity contribution in [3.63, 3.8) is 0 Å². The van der Waals surface area contributed by atoms with Gasteiger partial charge < -0.3 is 31.8 Å². The van der Waals surface area contributed by atoms with Gasteiger partial charge in [-0.25, -0.2) is 14.6 Å². The molecule has 1 heterocycles. The molecular formula is C13H19N5O6S. The summed E-state index contributed by atoms with van der Waals surface area (Å²) in [5, 5.41) is 25.4. The maximum atomic E-state index is 12.4. The molecule has 0 radical (unpaired) electrons. The molecule has 138 valence electrons. The standard InChI is InChI=1S/C13H19N5O6S/c1-5(14)7(10(20)21)17-9(19)8(6-4-25-12(15)16-6)18-24-13(2,3)11(22)23/h4-5,7H,14H2,1-3H3,(H2,15,16)(H,17,19)(H,20,21)(H,22,23)/b18-8-/t5-,7+/m0/s1. The van der Waals surface area contributed by atoms with E-state index in [0.29, 0.717) is 0 Å². The highest BCUT2D eigenvalue weighted by molar-refractivity contribution is 7.13. The van der Waals surface area contributed by atoms with Crippen LogP contribution in [0, 0.1) is 0 Å². The number of thiazole rings is 1. The number of nitrogens with zero attached hydrogens (tertiary/aromatic N) is 2. The number of carbonyl (C=O) groups excluding carboxylic acids is 1. The lowest BCUT2D eigenvalue weighted by Gasteiger charge is -2.19. The monoisotopic (exact) mass is 373 g/mol. The lowest BCUT2D eigenvalue weighted by molar-refractivity contribution is -0.161. The van der Waals surface area contributed by atoms with Crippen LogP contribution in [-0.2, 0) is 19.2 Å². The number of carbonyl (C=O) groups is 3. The van der Waals surface area contributed by atoms with Crippen LogP contribution in [0.2, 0.25) is 0 Å². The van der Waals surface area contributed by atoms with Crippen molar-refractivity contribution in [2.75, 3.05) is 5.73 Å². The summed E-state index contributed by atoms with van der Waals surface area (Å²) >= 11 is 1.01. The number of nitrogens with two attached hydrogens (primary N) is 2. The third-order valence-electron chi connectivity index (χ3n) is 2.94. The highest BCUT2D eigenvalue weighted by atomic mass is 32.1. The average Bonchev–Trinajstić information content (AvgIpc) is 2.90. The van der Waals surface area contributed by atoms with Crippen LogP contribution in [0.15, 0.2) is 10.5 Å². The Balaban J connectivity index is 3.17. The maximum Gasteiger partial charge on any atom is 0.350 e. The molecule has 1 amide bonds. The predicted octanol–water partition coefficient (Wildman–Crippen LogP) is -0.774. The molecule has 0 fully saturated rings. The van der Waals surface area contributed by atoms with Gasteiger partial charge in [-0.2, -0.15) is 0 Å². The highest BCUT2D eigenvalue weighted by Crippen LogP contribution is 2.15. The van der Waals surface area contributed by atoms with E-state index in [4.69, 9.17) is 26.5 Å². The van der Waals surface area contributed by atoms with Gasteiger partial charge in [0.25, 0.3) is 5.91 Å². The number of oxime groups is 1. The van der Waals surface area contributed by atoms with E-state index >= 15 is 0 Å². The van der Waals surface area contributed by atoms with Crippen molar-refractivity contribution in [3.05, 3.63) is 11.1 Å². The van der Waals surface area contributed by atoms with Crippen LogP contribution in [0.1, 0.15) is 26.5 Å². The minimum absolute atomic E-state index is 0.00926. The number of aromatic nitrogens is 1. The first-order valence-corrected chi connectivity index (χ1v) is 7.84. The number of carboxylic acids is 2. The molecule has 0 saturated heterocycles. The molecule has 11 nitrogen and oxygen atoms in total. The second kappa shape index (κ2) is 7.90. The van der Waals surface area contributed by atoms with Gasteiger partial charge in [0, 0.05) is 11.4 Å². The molecule has 0 bridgehead atoms. The topological polar surface area (TPSA) is 190 Å². The molecular weight excluding hydrogens is 354 g/mol. The van der Waals surface area contributed by atoms with Crippen molar-refractivity contribution >= 4 is 40.0 Å². The van der Waals surface area contributed by atoms with Gasteiger partial charge in [0.2, 0.25) is 5.60 Å². The van der Waals surface area contributed by atoms with Crippen molar-refractivity contribution in [2.24, 2.45) is 10.9 Å². The van der Waals surface area contributed by atoms with Gasteiger partial charge in [-0.1, -0.05) is 5.16 Å². The fourth-order valence-corrected chi connectivity index (χ4v) is 1.98. The summed E-state index contributed by atoms with van der Waals surface area (Å²) in [7, 11) is 0. The molecule has 2 atom stereocenters. The number of amides is 1. The summed E-state index contributed by atoms with van der Waals surface area (Å²) in [6.45, 7) is 3.86. The number of anilines is 1. The zero-order valence-electron chi connectivity index (χ0n) is 13.7. The van der Waals surface area contributed by atoms with Gasteiger partial charge in [0.05, 0.1) is 0 Å². The third kappa shape index (κ3) is 5.39. The Morgan fingerprint density at radius 2 is 2.00 bits per heavy atom. The predicted molar refractivity (Wildman–Crippen MR) is 89.1 cm³/mol. The van der Waals surface area contributed by atoms with Crippen LogP contribution in [0.4, 0.5) is 5.13 Å². The first-order valence-electron chi connectivity index (χ1n) is 6.96. The number of carboxylic acid groups (broad SMARTS) is 2. The average molecular weight is 373 g/mol. The Labute approximate surface area is 146 Å². The summed E-state index contributed by atoms with van der Waals surface area (Å²) < 4.78 is 0. The summed E-state index contributed by atoms with van der Waals surface area (Å²) in [6, 6.07) is -2.28. The number of rotatable bonds is 8. The van der Waals surface area contributed by atoms with Crippen LogP contribution in [0.5, 0.6) is 0 Å². The lowest BCUT2D eigenvalue weighted by Crippen LogP contribution is -2.53. The molecule has 0 aliphatic carbocycles. The van der Waals surface area contributed by atoms with Crippen molar-refractivity contribution < 1.29 is 29.4 Å². The SMILES string of the molecule is C[C@H](N)[C@@H](NC(=O)/C(=N\OC(C)(C)C(=O)O)c1csc(N)n1)C(=O)O. The van der Waals surface area contributed by atoms with Crippen LogP contribution >= 0.6 is 11.3 Å². The van der Waals surface area contributed by atoms with Gasteiger partial charge in [0.1, 0.15) is 11.7 Å². The minimum atomic E-state index is -1.72. The maximum absolute atomic E-state index is 12.4. The molecule has 0 saturated carbocycles. The van der Waals surface area contributed by atoms with E-state index in [1.807, 2.05) is 0 Å². The number of nitrogen functional groups attached to an aromatic ring is 1. The molecule has 0 aliphatic heterocycles. The second-order valence-corrected chi connectivity index (χ2v) is 6.46. The van der Waals surface area contributed by atoms with Crippen molar-refractivity contribution in [1.29, 1.82) is 0 Å². The van der Waals surface area contributed by atoms with Crippen LogP contribution in [0.3, 0.4) is 0 Å². The van der Waals surface area contributed by atoms with E-state index in [2.05, 4.69) is 15.5 Å². The quantitative estimate of drug-likeness (QED) is 0.287. The van der Waals surface area contributed by atoms with Crippen molar-refractivity contribution in [1.82, 2.24) is 10.3 Å². The largest absolute Gasteiger partial charge is 0.480 e. The lowest BCUT2D eigenvalue weighted by atomic mass is 10.1. The van der Waals surface area contributed by atoms with Crippen LogP contribution < -0.4 is 16.8 Å². The molecule has 25 heavy (non-hydrogen) atoms. The zero-order chi connectivity index (χ0) is 19.4. The van der Waals surface area contributed by atoms with E-state index in [1.165, 1.54) is 26.2 Å². The Hall–Kier alpha value is -2.73. The Morgan fingerprint density at radius 3 is 2.40 bits per heavy atom. The number of hydrogen-bond donors (Lipinski definition) is 5. The van der Waals surface area contributed by atoms with E-state index in [-0.39, 0.29) is 10.8 Å². The normalized spacial score (nSPS) is 14.5. The van der Waals surface area contributed by atoms with Gasteiger partial charge in [-0.3, -0.25) is 4.79 Å². The zero-order valence-corrected chi connectivity index (χ0v) is 14.5. The van der Waals surface area contributed by atoms with Crippen molar-refractivity contribution in [3.8, 4) is 0 Å². The number of hydrogen-bond acceptors (Lipinski definition) is 9. The number of aliphatic carboxylic acids is 2. The van der Waals surface area contributed by atoms with E-state index in [1.54, 1.807) is 0 Å². The summed E-state index contributed by atoms with van der Waals surface area (Å²) in [4.78, 5) is 43.4. The fourth-order valence-electron chi connectivity index (χ4n) is 1.43. The van der Waals surface area contributed by atoms with E-state index in [9.17, 15) is 14.4 Å². The van der Waals surface area contributed by atoms with E-state index < -0.39 is 41.2 Å². The third-order valence-corrected chi connectivity index (χ3v) is 3.61. The second-order valence-electron chi connectivity index (χ2n) is 5.57. The highest BCUT2D eigenvalue weighted by Gasteiger charge is 2.32. The summed E-state index contributed by atoms with van der Waals surface area (Å²) in [6.07, 6.45) is 0. The smallest absolute Gasteiger partial charge is 0.350 e. The molecule has 1 rings (SSSR count). The number of nitrogens with one attached hydrogen (secondary N) is 1. The van der Waals surface area contributed by atoms with Gasteiger partial charge in [-0.05, 0) is 20.8 Å². The Morgan fingerprint density at radius 1 is 1.40 bits per heavy atom. The molecule has 0 spiro atoms. The first-order chi connectivity index (χ1) is 11.5. The van der Waals surface area contributed by atoms with Gasteiger partial charge in [-0.15, -0.1) is 11.3 Å². The molecule has 1 aromatic rings. The Kier molecular flexibility index (Phi) is 6.42. The molecule has 0 unspecified atom stereocenters. The van der Waals surface area contributed by atoms with Gasteiger partial charge >= 0.3 is 11.9 Å². The van der Waals surface area contributed by atoms with E-state index in [0.717, 1.165) is 11.3 Å². The Bertz CT molecular complexity index is 699. The van der Waals surface area contributed by atoms with Gasteiger partial charge in [0.15, 0.2) is 10.8 Å². The molecule has 12 heteroatoms. The van der Waals surface area contributed by atoms with Crippen LogP contribution in [-0.4, -0.2) is 56.4 Å². The molecule has 0 aliphatic rings. The van der Waals surface area contributed by atoms with Crippen LogP contribution in [0.25, 0.3) is 0 Å². The summed E-state index contributed by atoms with van der Waals surface area (Å²) in [5.41, 5.74) is 8.92. The minimum Gasteiger partial charge on any atom is -0.480 e. The molecule has 7 N–H and O–H groups in total.